The molecule has 2 heterocycles. The molecule has 0 saturated carbocycles. The summed E-state index contributed by atoms with van der Waals surface area (Å²) >= 11 is 0. The molecule has 0 saturated heterocycles. The maximum Gasteiger partial charge on any atom is 0.333 e. The molecular weight excluding hydrogens is 342 g/mol. The van der Waals surface area contributed by atoms with Crippen LogP contribution < -0.4 is 4.74 Å². The molecule has 0 aliphatic carbocycles. The third-order valence-electron chi connectivity index (χ3n) is 4.01. The number of aromatic nitrogens is 1. The van der Waals surface area contributed by atoms with Crippen molar-refractivity contribution < 1.29 is 18.7 Å². The first kappa shape index (κ1) is 18.7. The summed E-state index contributed by atoms with van der Waals surface area (Å²) in [7, 11) is 0. The molecule has 0 bridgehead atoms. The molecule has 140 valence electrons. The van der Waals surface area contributed by atoms with E-state index in [2.05, 4.69) is 11.6 Å². The zero-order valence-electron chi connectivity index (χ0n) is 15.8. The largest absolute Gasteiger partial charge is 0.493 e. The predicted molar refractivity (Wildman–Crippen MR) is 104 cm³/mol. The van der Waals surface area contributed by atoms with E-state index in [1.165, 1.54) is 0 Å². The highest BCUT2D eigenvalue weighted by molar-refractivity contribution is 5.87. The van der Waals surface area contributed by atoms with Gasteiger partial charge in [0.1, 0.15) is 17.1 Å². The van der Waals surface area contributed by atoms with Gasteiger partial charge in [-0.05, 0) is 37.3 Å². The van der Waals surface area contributed by atoms with Gasteiger partial charge < -0.3 is 13.9 Å². The molecule has 0 N–H and O–H groups in total. The summed E-state index contributed by atoms with van der Waals surface area (Å²) in [6.45, 7) is 9.82. The number of ether oxygens (including phenoxy) is 2. The summed E-state index contributed by atoms with van der Waals surface area (Å²) in [5.74, 6) is 1.08. The number of esters is 1. The highest BCUT2D eigenvalue weighted by Crippen LogP contribution is 2.30. The molecule has 2 aromatic heterocycles. The van der Waals surface area contributed by atoms with Gasteiger partial charge in [0, 0.05) is 40.4 Å². The van der Waals surface area contributed by atoms with Crippen LogP contribution in [0, 0.1) is 5.41 Å². The fourth-order valence-corrected chi connectivity index (χ4v) is 2.46. The van der Waals surface area contributed by atoms with Crippen LogP contribution in [-0.2, 0) is 9.53 Å². The van der Waals surface area contributed by atoms with Crippen molar-refractivity contribution in [1.82, 2.24) is 4.98 Å². The minimum absolute atomic E-state index is 0.257. The zero-order valence-corrected chi connectivity index (χ0v) is 15.8. The summed E-state index contributed by atoms with van der Waals surface area (Å²) in [5.41, 5.74) is 1.73. The van der Waals surface area contributed by atoms with Crippen molar-refractivity contribution >= 4 is 16.9 Å². The average Bonchev–Trinajstić information content (AvgIpc) is 3.08. The van der Waals surface area contributed by atoms with Gasteiger partial charge in [0.2, 0.25) is 0 Å². The van der Waals surface area contributed by atoms with Gasteiger partial charge in [-0.15, -0.1) is 0 Å². The number of rotatable bonds is 7. The minimum Gasteiger partial charge on any atom is -0.493 e. The molecule has 0 radical (unpaired) electrons. The summed E-state index contributed by atoms with van der Waals surface area (Å²) in [4.78, 5) is 15.7. The molecule has 5 heteroatoms. The summed E-state index contributed by atoms with van der Waals surface area (Å²) < 4.78 is 17.1. The van der Waals surface area contributed by atoms with Gasteiger partial charge in [-0.3, -0.25) is 4.98 Å². The number of hydrogen-bond acceptors (Lipinski definition) is 5. The second-order valence-corrected chi connectivity index (χ2v) is 7.36. The van der Waals surface area contributed by atoms with Crippen molar-refractivity contribution in [3.05, 3.63) is 60.9 Å². The Morgan fingerprint density at radius 3 is 2.74 bits per heavy atom. The maximum absolute atomic E-state index is 11.6. The zero-order chi connectivity index (χ0) is 19.4. The molecule has 0 aliphatic heterocycles. The summed E-state index contributed by atoms with van der Waals surface area (Å²) in [6.07, 6.45) is 3.50. The van der Waals surface area contributed by atoms with Crippen molar-refractivity contribution in [1.29, 1.82) is 0 Å². The van der Waals surface area contributed by atoms with Crippen molar-refractivity contribution in [2.75, 3.05) is 13.2 Å². The number of benzene rings is 1. The first-order chi connectivity index (χ1) is 12.8. The van der Waals surface area contributed by atoms with Gasteiger partial charge in [-0.25, -0.2) is 4.79 Å². The Morgan fingerprint density at radius 1 is 1.22 bits per heavy atom. The predicted octanol–water partition coefficient (Wildman–Crippen LogP) is 5.02. The number of pyridine rings is 1. The van der Waals surface area contributed by atoms with E-state index in [0.717, 1.165) is 22.3 Å². The van der Waals surface area contributed by atoms with Crippen molar-refractivity contribution in [3.8, 4) is 17.1 Å². The van der Waals surface area contributed by atoms with E-state index in [-0.39, 0.29) is 18.0 Å². The highest BCUT2D eigenvalue weighted by atomic mass is 16.5. The lowest BCUT2D eigenvalue weighted by Gasteiger charge is -2.24. The van der Waals surface area contributed by atoms with Gasteiger partial charge >= 0.3 is 5.97 Å². The Bertz CT molecular complexity index is 957. The fraction of sp³-hybridized carbons (Fsp3) is 0.273. The average molecular weight is 365 g/mol. The standard InChI is InChI=1S/C22H23NO4/c1-15(2)21(24)26-14-22(3,4)13-25-18-8-7-16-10-19(27-20(16)11-18)17-6-5-9-23-12-17/h5-12H,1,13-14H2,2-4H3. The second kappa shape index (κ2) is 7.66. The lowest BCUT2D eigenvalue weighted by Crippen LogP contribution is -2.28. The quantitative estimate of drug-likeness (QED) is 0.435. The third kappa shape index (κ3) is 4.76. The molecular formula is C22H23NO4. The van der Waals surface area contributed by atoms with E-state index in [1.54, 1.807) is 19.3 Å². The minimum atomic E-state index is -0.386. The van der Waals surface area contributed by atoms with E-state index < -0.39 is 0 Å². The molecule has 0 spiro atoms. The monoisotopic (exact) mass is 365 g/mol. The second-order valence-electron chi connectivity index (χ2n) is 7.36. The number of fused-ring (bicyclic) bond motifs is 1. The summed E-state index contributed by atoms with van der Waals surface area (Å²) in [5, 5.41) is 0.996. The maximum atomic E-state index is 11.6. The van der Waals surface area contributed by atoms with Crippen LogP contribution >= 0.6 is 0 Å². The van der Waals surface area contributed by atoms with Crippen molar-refractivity contribution in [2.45, 2.75) is 20.8 Å². The van der Waals surface area contributed by atoms with Gasteiger partial charge in [-0.1, -0.05) is 20.4 Å². The van der Waals surface area contributed by atoms with Crippen LogP contribution in [0.3, 0.4) is 0 Å². The van der Waals surface area contributed by atoms with E-state index in [9.17, 15) is 4.79 Å². The first-order valence-corrected chi connectivity index (χ1v) is 8.73. The van der Waals surface area contributed by atoms with Crippen LogP contribution in [0.25, 0.3) is 22.3 Å². The van der Waals surface area contributed by atoms with Gasteiger partial charge in [0.25, 0.3) is 0 Å². The Kier molecular flexibility index (Phi) is 5.31. The Hall–Kier alpha value is -3.08. The first-order valence-electron chi connectivity index (χ1n) is 8.73. The molecule has 3 rings (SSSR count). The number of nitrogens with zero attached hydrogens (tertiary/aromatic N) is 1. The van der Waals surface area contributed by atoms with Crippen LogP contribution in [0.1, 0.15) is 20.8 Å². The van der Waals surface area contributed by atoms with Crippen molar-refractivity contribution in [2.24, 2.45) is 5.41 Å². The molecule has 0 aliphatic rings. The number of furan rings is 1. The van der Waals surface area contributed by atoms with Crippen LogP contribution in [0.15, 0.2) is 65.4 Å². The SMILES string of the molecule is C=C(C)C(=O)OCC(C)(C)COc1ccc2cc(-c3cccnc3)oc2c1. The molecule has 0 atom stereocenters. The van der Waals surface area contributed by atoms with Gasteiger partial charge in [0.05, 0.1) is 13.2 Å². The van der Waals surface area contributed by atoms with Crippen LogP contribution in [0.4, 0.5) is 0 Å². The van der Waals surface area contributed by atoms with Gasteiger partial charge in [-0.2, -0.15) is 0 Å². The van der Waals surface area contributed by atoms with Crippen LogP contribution in [0.2, 0.25) is 0 Å². The number of carbonyl (C=O) groups is 1. The third-order valence-corrected chi connectivity index (χ3v) is 4.01. The number of hydrogen-bond donors (Lipinski definition) is 0. The normalized spacial score (nSPS) is 11.4. The Labute approximate surface area is 158 Å². The van der Waals surface area contributed by atoms with Gasteiger partial charge in [0.15, 0.2) is 0 Å². The summed E-state index contributed by atoms with van der Waals surface area (Å²) in [6, 6.07) is 11.5. The number of carbonyl (C=O) groups excluding carboxylic acids is 1. The van der Waals surface area contributed by atoms with E-state index in [1.807, 2.05) is 50.2 Å². The van der Waals surface area contributed by atoms with E-state index >= 15 is 0 Å². The van der Waals surface area contributed by atoms with E-state index in [4.69, 9.17) is 13.9 Å². The molecule has 5 nitrogen and oxygen atoms in total. The molecule has 0 amide bonds. The fourth-order valence-electron chi connectivity index (χ4n) is 2.46. The lowest BCUT2D eigenvalue weighted by atomic mass is 9.96. The van der Waals surface area contributed by atoms with Crippen LogP contribution in [0.5, 0.6) is 5.75 Å². The smallest absolute Gasteiger partial charge is 0.333 e. The molecule has 1 aromatic carbocycles. The molecule has 0 unspecified atom stereocenters. The molecule has 3 aromatic rings. The Morgan fingerprint density at radius 2 is 2.04 bits per heavy atom. The lowest BCUT2D eigenvalue weighted by molar-refractivity contribution is -0.142. The van der Waals surface area contributed by atoms with E-state index in [0.29, 0.717) is 17.9 Å². The Balaban J connectivity index is 1.67. The molecule has 0 fully saturated rings. The topological polar surface area (TPSA) is 61.6 Å². The van der Waals surface area contributed by atoms with Crippen LogP contribution in [-0.4, -0.2) is 24.2 Å². The van der Waals surface area contributed by atoms with Crippen molar-refractivity contribution in [3.63, 3.8) is 0 Å². The molecule has 27 heavy (non-hydrogen) atoms. The highest BCUT2D eigenvalue weighted by Gasteiger charge is 2.22.